The van der Waals surface area contributed by atoms with E-state index in [1.165, 1.54) is 11.3 Å². The molecule has 0 saturated carbocycles. The van der Waals surface area contributed by atoms with Crippen LogP contribution in [0.25, 0.3) is 0 Å². The van der Waals surface area contributed by atoms with Crippen molar-refractivity contribution < 1.29 is 9.53 Å². The van der Waals surface area contributed by atoms with Gasteiger partial charge in [0.15, 0.2) is 0 Å². The molecule has 1 N–H and O–H groups in total. The minimum Gasteiger partial charge on any atom is -0.382 e. The Bertz CT molecular complexity index is 552. The van der Waals surface area contributed by atoms with Crippen LogP contribution in [-0.2, 0) is 9.53 Å². The van der Waals surface area contributed by atoms with Gasteiger partial charge in [0.25, 0.3) is 0 Å². The van der Waals surface area contributed by atoms with Gasteiger partial charge < -0.3 is 15.0 Å². The van der Waals surface area contributed by atoms with Crippen LogP contribution in [0.4, 0.5) is 5.69 Å². The third-order valence-electron chi connectivity index (χ3n) is 5.35. The number of hydrogen-bond acceptors (Lipinski definition) is 3. The molecule has 3 rings (SSSR count). The maximum Gasteiger partial charge on any atom is 0.222 e. The van der Waals surface area contributed by atoms with Gasteiger partial charge in [-0.15, -0.1) is 0 Å². The van der Waals surface area contributed by atoms with Crippen LogP contribution in [0.15, 0.2) is 24.3 Å². The van der Waals surface area contributed by atoms with E-state index < -0.39 is 0 Å². The molecule has 2 fully saturated rings. The van der Waals surface area contributed by atoms with Crippen molar-refractivity contribution in [2.45, 2.75) is 70.6 Å². The van der Waals surface area contributed by atoms with Gasteiger partial charge >= 0.3 is 0 Å². The summed E-state index contributed by atoms with van der Waals surface area (Å²) in [7, 11) is 0. The minimum atomic E-state index is 0.296. The number of carbonyl (C=O) groups excluding carboxylic acids is 1. The molecule has 4 heteroatoms. The molecular formula is C20H30N2O2. The topological polar surface area (TPSA) is 41.6 Å². The van der Waals surface area contributed by atoms with Crippen molar-refractivity contribution in [3.63, 3.8) is 0 Å². The molecule has 2 saturated heterocycles. The fraction of sp³-hybridized carbons (Fsp3) is 0.650. The smallest absolute Gasteiger partial charge is 0.222 e. The third kappa shape index (κ3) is 4.50. The zero-order valence-electron chi connectivity index (χ0n) is 15.0. The molecule has 2 aliphatic rings. The highest BCUT2D eigenvalue weighted by molar-refractivity contribution is 5.76. The molecule has 1 amide bonds. The number of aryl methyl sites for hydroxylation is 1. The largest absolute Gasteiger partial charge is 0.382 e. The predicted molar refractivity (Wildman–Crippen MR) is 97.2 cm³/mol. The Morgan fingerprint density at radius 1 is 1.21 bits per heavy atom. The van der Waals surface area contributed by atoms with Crippen LogP contribution in [0.1, 0.15) is 51.0 Å². The third-order valence-corrected chi connectivity index (χ3v) is 5.35. The highest BCUT2D eigenvalue weighted by Gasteiger charge is 2.26. The van der Waals surface area contributed by atoms with Gasteiger partial charge in [0.1, 0.15) is 0 Å². The van der Waals surface area contributed by atoms with Crippen LogP contribution in [0, 0.1) is 6.92 Å². The van der Waals surface area contributed by atoms with E-state index in [1.54, 1.807) is 0 Å². The normalized spacial score (nSPS) is 25.0. The van der Waals surface area contributed by atoms with E-state index in [1.807, 2.05) is 4.90 Å². The lowest BCUT2D eigenvalue weighted by Gasteiger charge is -2.33. The Morgan fingerprint density at radius 3 is 2.62 bits per heavy atom. The van der Waals surface area contributed by atoms with Crippen LogP contribution < -0.4 is 5.32 Å². The number of likely N-dealkylation sites (tertiary alicyclic amines) is 1. The lowest BCUT2D eigenvalue weighted by atomic mass is 10.0. The van der Waals surface area contributed by atoms with Gasteiger partial charge in [0.2, 0.25) is 5.91 Å². The number of ether oxygens (including phenoxy) is 1. The number of rotatable bonds is 5. The van der Waals surface area contributed by atoms with Crippen molar-refractivity contribution >= 4 is 11.6 Å². The number of carbonyl (C=O) groups is 1. The number of nitrogens with one attached hydrogen (secondary N) is 1. The van der Waals surface area contributed by atoms with Crippen molar-refractivity contribution in [2.24, 2.45) is 0 Å². The Balaban J connectivity index is 1.40. The molecule has 132 valence electrons. The summed E-state index contributed by atoms with van der Waals surface area (Å²) in [5.41, 5.74) is 2.50. The Kier molecular flexibility index (Phi) is 5.77. The number of anilines is 1. The first-order valence-corrected chi connectivity index (χ1v) is 9.37. The molecule has 0 bridgehead atoms. The van der Waals surface area contributed by atoms with Gasteiger partial charge in [-0.2, -0.15) is 0 Å². The van der Waals surface area contributed by atoms with Crippen molar-refractivity contribution in [1.82, 2.24) is 4.90 Å². The van der Waals surface area contributed by atoms with E-state index >= 15 is 0 Å². The highest BCUT2D eigenvalue weighted by atomic mass is 16.5. The lowest BCUT2D eigenvalue weighted by molar-refractivity contribution is -0.132. The standard InChI is InChI=1S/C20H30N2O2/c1-15-5-3-4-6-19(15)21-17-11-13-22(14-12-17)20(23)10-9-18-8-7-16(2)24-18/h3-6,16-18,21H,7-14H2,1-2H3/t16-,18+/m0/s1. The second-order valence-electron chi connectivity index (χ2n) is 7.30. The maximum absolute atomic E-state index is 12.4. The van der Waals surface area contributed by atoms with Crippen molar-refractivity contribution in [1.29, 1.82) is 0 Å². The van der Waals surface area contributed by atoms with Crippen molar-refractivity contribution in [2.75, 3.05) is 18.4 Å². The molecule has 0 radical (unpaired) electrons. The van der Waals surface area contributed by atoms with Gasteiger partial charge in [-0.25, -0.2) is 0 Å². The summed E-state index contributed by atoms with van der Waals surface area (Å²) in [5, 5.41) is 3.63. The number of hydrogen-bond donors (Lipinski definition) is 1. The molecule has 0 spiro atoms. The van der Waals surface area contributed by atoms with Crippen LogP contribution in [0.5, 0.6) is 0 Å². The molecule has 2 aliphatic heterocycles. The summed E-state index contributed by atoms with van der Waals surface area (Å²) >= 11 is 0. The van der Waals surface area contributed by atoms with E-state index in [4.69, 9.17) is 4.74 Å². The molecule has 2 atom stereocenters. The summed E-state index contributed by atoms with van der Waals surface area (Å²) in [6, 6.07) is 8.87. The van der Waals surface area contributed by atoms with Crippen molar-refractivity contribution in [3.8, 4) is 0 Å². The van der Waals surface area contributed by atoms with Crippen molar-refractivity contribution in [3.05, 3.63) is 29.8 Å². The fourth-order valence-electron chi connectivity index (χ4n) is 3.77. The van der Waals surface area contributed by atoms with Crippen LogP contribution >= 0.6 is 0 Å². The van der Waals surface area contributed by atoms with Crippen LogP contribution in [0.3, 0.4) is 0 Å². The first-order valence-electron chi connectivity index (χ1n) is 9.37. The molecule has 1 aromatic rings. The molecule has 1 aromatic carbocycles. The summed E-state index contributed by atoms with van der Waals surface area (Å²) < 4.78 is 5.81. The number of piperidine rings is 1. The first-order chi connectivity index (χ1) is 11.6. The van der Waals surface area contributed by atoms with Crippen LogP contribution in [-0.4, -0.2) is 42.1 Å². The Hall–Kier alpha value is -1.55. The molecule has 2 heterocycles. The molecule has 0 aliphatic carbocycles. The zero-order chi connectivity index (χ0) is 16.9. The number of amides is 1. The van der Waals surface area contributed by atoms with E-state index in [0.717, 1.165) is 45.2 Å². The van der Waals surface area contributed by atoms with Gasteiger partial charge in [-0.1, -0.05) is 18.2 Å². The molecule has 0 aromatic heterocycles. The molecule has 24 heavy (non-hydrogen) atoms. The molecular weight excluding hydrogens is 300 g/mol. The average Bonchev–Trinajstić information content (AvgIpc) is 3.01. The second kappa shape index (κ2) is 8.02. The van der Waals surface area contributed by atoms with Gasteiger partial charge in [-0.05, 0) is 57.6 Å². The number of benzene rings is 1. The Morgan fingerprint density at radius 2 is 1.96 bits per heavy atom. The predicted octanol–water partition coefficient (Wildman–Crippen LogP) is 3.75. The number of nitrogens with zero attached hydrogens (tertiary/aromatic N) is 1. The second-order valence-corrected chi connectivity index (χ2v) is 7.30. The summed E-state index contributed by atoms with van der Waals surface area (Å²) in [6.07, 6.45) is 6.47. The van der Waals surface area contributed by atoms with E-state index in [-0.39, 0.29) is 0 Å². The van der Waals surface area contributed by atoms with E-state index in [9.17, 15) is 4.79 Å². The van der Waals surface area contributed by atoms with Gasteiger partial charge in [-0.3, -0.25) is 4.79 Å². The molecule has 4 nitrogen and oxygen atoms in total. The highest BCUT2D eigenvalue weighted by Crippen LogP contribution is 2.24. The SMILES string of the molecule is Cc1ccccc1NC1CCN(C(=O)CC[C@H]2CC[C@H](C)O2)CC1. The average molecular weight is 330 g/mol. The summed E-state index contributed by atoms with van der Waals surface area (Å²) in [6.45, 7) is 5.98. The number of para-hydroxylation sites is 1. The Labute approximate surface area is 145 Å². The maximum atomic E-state index is 12.4. The summed E-state index contributed by atoms with van der Waals surface area (Å²) in [4.78, 5) is 14.4. The van der Waals surface area contributed by atoms with Gasteiger partial charge in [0.05, 0.1) is 12.2 Å². The van der Waals surface area contributed by atoms with E-state index in [0.29, 0.717) is 30.6 Å². The minimum absolute atomic E-state index is 0.296. The summed E-state index contributed by atoms with van der Waals surface area (Å²) in [5.74, 6) is 0.299. The molecule has 0 unspecified atom stereocenters. The van der Waals surface area contributed by atoms with E-state index in [2.05, 4.69) is 43.4 Å². The quantitative estimate of drug-likeness (QED) is 0.894. The lowest BCUT2D eigenvalue weighted by Crippen LogP contribution is -2.42. The first kappa shape index (κ1) is 17.3. The van der Waals surface area contributed by atoms with Crippen LogP contribution in [0.2, 0.25) is 0 Å². The monoisotopic (exact) mass is 330 g/mol. The fourth-order valence-corrected chi connectivity index (χ4v) is 3.77. The zero-order valence-corrected chi connectivity index (χ0v) is 15.0. The van der Waals surface area contributed by atoms with Gasteiger partial charge in [0, 0.05) is 31.2 Å².